The molecule has 7 nitrogen and oxygen atoms in total. The smallest absolute Gasteiger partial charge is 0.259 e. The Morgan fingerprint density at radius 2 is 1.35 bits per heavy atom. The number of rotatable bonds is 3. The highest BCUT2D eigenvalue weighted by Crippen LogP contribution is 2.17. The lowest BCUT2D eigenvalue weighted by atomic mass is 10.2. The SMILES string of the molecule is N#CCn1ccc2cc(Br)ccc2c1=O.NC(=O)Cn1ccc2cc(Br)ccc2c1=O. The van der Waals surface area contributed by atoms with Crippen molar-refractivity contribution in [1.29, 1.82) is 5.26 Å². The molecule has 156 valence electrons. The second kappa shape index (κ2) is 9.73. The van der Waals surface area contributed by atoms with Crippen molar-refractivity contribution < 1.29 is 4.79 Å². The fraction of sp³-hybridized carbons (Fsp3) is 0.0909. The van der Waals surface area contributed by atoms with Crippen LogP contribution in [0.25, 0.3) is 21.5 Å². The molecule has 2 N–H and O–H groups in total. The highest BCUT2D eigenvalue weighted by molar-refractivity contribution is 9.10. The maximum atomic E-state index is 11.9. The largest absolute Gasteiger partial charge is 0.368 e. The summed E-state index contributed by atoms with van der Waals surface area (Å²) in [4.78, 5) is 34.5. The van der Waals surface area contributed by atoms with Crippen LogP contribution in [0.3, 0.4) is 0 Å². The predicted molar refractivity (Wildman–Crippen MR) is 127 cm³/mol. The van der Waals surface area contributed by atoms with Gasteiger partial charge >= 0.3 is 0 Å². The van der Waals surface area contributed by atoms with E-state index in [1.807, 2.05) is 30.3 Å². The summed E-state index contributed by atoms with van der Waals surface area (Å²) in [7, 11) is 0. The van der Waals surface area contributed by atoms with Gasteiger partial charge in [0.1, 0.15) is 13.1 Å². The van der Waals surface area contributed by atoms with Crippen LogP contribution in [-0.2, 0) is 17.9 Å². The van der Waals surface area contributed by atoms with Crippen LogP contribution in [0.4, 0.5) is 0 Å². The molecule has 4 aromatic rings. The van der Waals surface area contributed by atoms with E-state index in [0.717, 1.165) is 19.7 Å². The normalized spacial score (nSPS) is 10.4. The van der Waals surface area contributed by atoms with Crippen LogP contribution in [-0.4, -0.2) is 15.0 Å². The van der Waals surface area contributed by atoms with E-state index in [2.05, 4.69) is 31.9 Å². The molecule has 0 bridgehead atoms. The first kappa shape index (κ1) is 22.5. The van der Waals surface area contributed by atoms with Crippen molar-refractivity contribution in [2.24, 2.45) is 5.73 Å². The van der Waals surface area contributed by atoms with E-state index < -0.39 is 5.91 Å². The molecule has 0 radical (unpaired) electrons. The molecule has 2 aromatic heterocycles. The summed E-state index contributed by atoms with van der Waals surface area (Å²) in [5.41, 5.74) is 4.73. The molecule has 2 aromatic carbocycles. The lowest BCUT2D eigenvalue weighted by Gasteiger charge is -2.04. The standard InChI is InChI=1S/C11H9BrN2O2.C11H7BrN2O/c12-8-1-2-9-7(5-8)3-4-14(11(9)16)6-10(13)15;12-9-1-2-10-8(7-9)3-5-14(6-4-13)11(10)15/h1-5H,6H2,(H2,13,15);1-3,5,7H,6H2. The van der Waals surface area contributed by atoms with E-state index in [1.54, 1.807) is 36.7 Å². The molecule has 0 saturated heterocycles. The maximum Gasteiger partial charge on any atom is 0.259 e. The first-order chi connectivity index (χ1) is 14.8. The number of primary amides is 1. The fourth-order valence-corrected chi connectivity index (χ4v) is 3.77. The van der Waals surface area contributed by atoms with Crippen molar-refractivity contribution in [1.82, 2.24) is 9.13 Å². The Hall–Kier alpha value is -3.22. The van der Waals surface area contributed by atoms with Crippen molar-refractivity contribution in [3.63, 3.8) is 0 Å². The zero-order valence-electron chi connectivity index (χ0n) is 16.1. The Morgan fingerprint density at radius 1 is 0.871 bits per heavy atom. The number of carbonyl (C=O) groups excluding carboxylic acids is 1. The molecule has 0 aliphatic heterocycles. The van der Waals surface area contributed by atoms with Crippen molar-refractivity contribution >= 4 is 59.3 Å². The van der Waals surface area contributed by atoms with Gasteiger partial charge < -0.3 is 14.9 Å². The van der Waals surface area contributed by atoms with Gasteiger partial charge in [-0.05, 0) is 59.3 Å². The van der Waals surface area contributed by atoms with Gasteiger partial charge in [-0.3, -0.25) is 14.4 Å². The van der Waals surface area contributed by atoms with Crippen molar-refractivity contribution in [2.75, 3.05) is 0 Å². The predicted octanol–water partition coefficient (Wildman–Crippen LogP) is 3.54. The van der Waals surface area contributed by atoms with Crippen LogP contribution < -0.4 is 16.9 Å². The third-order valence-electron chi connectivity index (χ3n) is 4.45. The summed E-state index contributed by atoms with van der Waals surface area (Å²) in [6.07, 6.45) is 3.21. The van der Waals surface area contributed by atoms with E-state index in [-0.39, 0.29) is 24.2 Å². The molecule has 31 heavy (non-hydrogen) atoms. The Morgan fingerprint density at radius 3 is 1.84 bits per heavy atom. The van der Waals surface area contributed by atoms with Gasteiger partial charge in [0.2, 0.25) is 5.91 Å². The molecule has 0 unspecified atom stereocenters. The average molecular weight is 544 g/mol. The van der Waals surface area contributed by atoms with Gasteiger partial charge in [-0.2, -0.15) is 5.26 Å². The minimum Gasteiger partial charge on any atom is -0.368 e. The molecule has 9 heteroatoms. The van der Waals surface area contributed by atoms with Gasteiger partial charge in [-0.15, -0.1) is 0 Å². The molecule has 0 atom stereocenters. The number of carbonyl (C=O) groups is 1. The summed E-state index contributed by atoms with van der Waals surface area (Å²) in [6.45, 7) is -0.00429. The fourth-order valence-electron chi connectivity index (χ4n) is 3.01. The van der Waals surface area contributed by atoms with Gasteiger partial charge in [0.05, 0.1) is 6.07 Å². The molecule has 4 rings (SSSR count). The van der Waals surface area contributed by atoms with Gasteiger partial charge in [-0.25, -0.2) is 0 Å². The van der Waals surface area contributed by atoms with Crippen LogP contribution >= 0.6 is 31.9 Å². The number of nitriles is 1. The zero-order valence-corrected chi connectivity index (χ0v) is 19.3. The van der Waals surface area contributed by atoms with Crippen LogP contribution in [0.1, 0.15) is 0 Å². The third-order valence-corrected chi connectivity index (χ3v) is 5.43. The number of amides is 1. The van der Waals surface area contributed by atoms with Crippen LogP contribution in [0, 0.1) is 11.3 Å². The molecule has 0 saturated carbocycles. The highest BCUT2D eigenvalue weighted by atomic mass is 79.9. The van der Waals surface area contributed by atoms with Crippen LogP contribution in [0.15, 0.2) is 79.5 Å². The van der Waals surface area contributed by atoms with E-state index in [0.29, 0.717) is 10.8 Å². The van der Waals surface area contributed by atoms with Crippen LogP contribution in [0.5, 0.6) is 0 Å². The summed E-state index contributed by atoms with van der Waals surface area (Å²) in [6, 6.07) is 16.4. The Bertz CT molecular complexity index is 1450. The van der Waals surface area contributed by atoms with Gasteiger partial charge in [-0.1, -0.05) is 31.9 Å². The Kier molecular flexibility index (Phi) is 7.05. The number of benzene rings is 2. The summed E-state index contributed by atoms with van der Waals surface area (Å²) in [5.74, 6) is -0.529. The first-order valence-corrected chi connectivity index (χ1v) is 10.6. The van der Waals surface area contributed by atoms with Gasteiger partial charge in [0.25, 0.3) is 11.1 Å². The van der Waals surface area contributed by atoms with Crippen LogP contribution in [0.2, 0.25) is 0 Å². The molecule has 2 heterocycles. The topological polar surface area (TPSA) is 111 Å². The Balaban J connectivity index is 0.000000176. The molecular weight excluding hydrogens is 528 g/mol. The van der Waals surface area contributed by atoms with Crippen molar-refractivity contribution in [3.05, 3.63) is 90.6 Å². The molecule has 0 aliphatic rings. The lowest BCUT2D eigenvalue weighted by molar-refractivity contribution is -0.118. The quantitative estimate of drug-likeness (QED) is 0.426. The summed E-state index contributed by atoms with van der Waals surface area (Å²) in [5, 5.41) is 11.5. The number of hydrogen-bond acceptors (Lipinski definition) is 4. The second-order valence-corrected chi connectivity index (χ2v) is 8.42. The number of pyridine rings is 2. The number of hydrogen-bond donors (Lipinski definition) is 1. The van der Waals surface area contributed by atoms with E-state index in [4.69, 9.17) is 11.0 Å². The number of nitrogens with zero attached hydrogens (tertiary/aromatic N) is 3. The van der Waals surface area contributed by atoms with Gasteiger partial charge in [0.15, 0.2) is 0 Å². The number of halogens is 2. The minimum atomic E-state index is -0.529. The summed E-state index contributed by atoms with van der Waals surface area (Å²) >= 11 is 6.68. The van der Waals surface area contributed by atoms with E-state index >= 15 is 0 Å². The summed E-state index contributed by atoms with van der Waals surface area (Å²) < 4.78 is 4.55. The number of fused-ring (bicyclic) bond motifs is 2. The van der Waals surface area contributed by atoms with Gasteiger partial charge in [0, 0.05) is 32.1 Å². The molecule has 0 fully saturated rings. The average Bonchev–Trinajstić information content (AvgIpc) is 2.72. The molecule has 0 aliphatic carbocycles. The highest BCUT2D eigenvalue weighted by Gasteiger charge is 2.05. The first-order valence-electron chi connectivity index (χ1n) is 9.03. The van der Waals surface area contributed by atoms with E-state index in [9.17, 15) is 14.4 Å². The molecule has 1 amide bonds. The van der Waals surface area contributed by atoms with E-state index in [1.165, 1.54) is 9.13 Å². The second-order valence-electron chi connectivity index (χ2n) is 6.59. The van der Waals surface area contributed by atoms with Crippen molar-refractivity contribution in [2.45, 2.75) is 13.1 Å². The molecular formula is C22H16Br2N4O3. The Labute approximate surface area is 193 Å². The number of aromatic nitrogens is 2. The zero-order chi connectivity index (χ0) is 22.5. The molecule has 0 spiro atoms. The number of nitrogens with two attached hydrogens (primary N) is 1. The monoisotopic (exact) mass is 542 g/mol. The minimum absolute atomic E-state index is 0.0881. The lowest BCUT2D eigenvalue weighted by Crippen LogP contribution is -2.27. The maximum absolute atomic E-state index is 11.9. The third kappa shape index (κ3) is 5.29. The van der Waals surface area contributed by atoms with Crippen molar-refractivity contribution in [3.8, 4) is 6.07 Å².